The molecule has 1 heterocycles. The summed E-state index contributed by atoms with van der Waals surface area (Å²) in [6, 6.07) is 0. The van der Waals surface area contributed by atoms with Crippen molar-refractivity contribution in [2.24, 2.45) is 0 Å². The van der Waals surface area contributed by atoms with Crippen LogP contribution in [-0.4, -0.2) is 23.8 Å². The number of ether oxygens (including phenoxy) is 1. The van der Waals surface area contributed by atoms with E-state index < -0.39 is 5.97 Å². The van der Waals surface area contributed by atoms with Crippen LogP contribution in [0.1, 0.15) is 13.8 Å². The maximum atomic E-state index is 10.4. The minimum atomic E-state index is -0.854. The second kappa shape index (κ2) is 2.42. The van der Waals surface area contributed by atoms with Crippen molar-refractivity contribution in [2.45, 2.75) is 20.0 Å². The van der Waals surface area contributed by atoms with E-state index in [0.717, 1.165) is 5.57 Å². The van der Waals surface area contributed by atoms with Crippen molar-refractivity contribution in [1.29, 1.82) is 0 Å². The first kappa shape index (κ1) is 7.28. The van der Waals surface area contributed by atoms with Crippen LogP contribution in [0.3, 0.4) is 0 Å². The average Bonchev–Trinajstić information content (AvgIpc) is 2.65. The Hall–Kier alpha value is -0.830. The number of hydrogen-bond acceptors (Lipinski definition) is 2. The summed E-state index contributed by atoms with van der Waals surface area (Å²) in [7, 11) is 0. The molecular formula is C7H10O3. The Kier molecular flexibility index (Phi) is 1.76. The largest absolute Gasteiger partial charge is 0.478 e. The molecule has 3 heteroatoms. The zero-order valence-corrected chi connectivity index (χ0v) is 6.05. The second-order valence-corrected chi connectivity index (χ2v) is 2.44. The van der Waals surface area contributed by atoms with E-state index in [4.69, 9.17) is 9.84 Å². The monoisotopic (exact) mass is 142 g/mol. The predicted molar refractivity (Wildman–Crippen MR) is 35.7 cm³/mol. The third kappa shape index (κ3) is 1.36. The number of carboxylic acids is 1. The van der Waals surface area contributed by atoms with Gasteiger partial charge in [0.25, 0.3) is 0 Å². The molecule has 0 radical (unpaired) electrons. The minimum absolute atomic E-state index is 0.0797. The highest BCUT2D eigenvalue weighted by molar-refractivity contribution is 5.86. The molecule has 0 saturated carbocycles. The van der Waals surface area contributed by atoms with Crippen LogP contribution < -0.4 is 0 Å². The Labute approximate surface area is 59.3 Å². The Balaban J connectivity index is 2.71. The molecule has 10 heavy (non-hydrogen) atoms. The summed E-state index contributed by atoms with van der Waals surface area (Å²) in [6.45, 7) is 4.07. The van der Waals surface area contributed by atoms with Gasteiger partial charge in [0.1, 0.15) is 6.10 Å². The van der Waals surface area contributed by atoms with Crippen LogP contribution in [0.5, 0.6) is 0 Å². The molecule has 1 rings (SSSR count). The average molecular weight is 142 g/mol. The Morgan fingerprint density at radius 2 is 2.10 bits per heavy atom. The van der Waals surface area contributed by atoms with E-state index in [9.17, 15) is 4.79 Å². The Morgan fingerprint density at radius 1 is 1.60 bits per heavy atom. The van der Waals surface area contributed by atoms with Crippen molar-refractivity contribution >= 4 is 5.97 Å². The molecule has 0 aromatic heterocycles. The molecule has 0 amide bonds. The van der Waals surface area contributed by atoms with E-state index in [1.54, 1.807) is 13.8 Å². The van der Waals surface area contributed by atoms with Crippen LogP contribution in [0.15, 0.2) is 11.1 Å². The maximum Gasteiger partial charge on any atom is 0.331 e. The summed E-state index contributed by atoms with van der Waals surface area (Å²) < 4.78 is 4.92. The molecule has 1 aliphatic heterocycles. The predicted octanol–water partition coefficient (Wildman–Crippen LogP) is 0.806. The van der Waals surface area contributed by atoms with Crippen LogP contribution >= 0.6 is 0 Å². The molecule has 1 unspecified atom stereocenters. The summed E-state index contributed by atoms with van der Waals surface area (Å²) in [5, 5.41) is 8.52. The first-order chi connectivity index (χ1) is 4.63. The standard InChI is InChI=1S/C7H10O3/c1-4(6-3-10-6)5(2)7(8)9/h6H,3H2,1-2H3,(H,8,9)/b5-4+. The Bertz CT molecular complexity index is 189. The van der Waals surface area contributed by atoms with E-state index in [2.05, 4.69) is 0 Å². The highest BCUT2D eigenvalue weighted by atomic mass is 16.6. The SMILES string of the molecule is C/C(C(=O)O)=C(/C)C1CO1. The van der Waals surface area contributed by atoms with Crippen molar-refractivity contribution in [3.05, 3.63) is 11.1 Å². The van der Waals surface area contributed by atoms with Crippen molar-refractivity contribution in [2.75, 3.05) is 6.61 Å². The lowest BCUT2D eigenvalue weighted by Gasteiger charge is -1.97. The fourth-order valence-electron chi connectivity index (χ4n) is 0.708. The van der Waals surface area contributed by atoms with E-state index in [1.165, 1.54) is 0 Å². The molecule has 1 N–H and O–H groups in total. The third-order valence-electron chi connectivity index (χ3n) is 1.73. The first-order valence-electron chi connectivity index (χ1n) is 3.15. The van der Waals surface area contributed by atoms with Gasteiger partial charge in [-0.3, -0.25) is 0 Å². The van der Waals surface area contributed by atoms with Gasteiger partial charge in [0.15, 0.2) is 0 Å². The molecule has 1 fully saturated rings. The topological polar surface area (TPSA) is 49.8 Å². The normalized spacial score (nSPS) is 25.6. The highest BCUT2D eigenvalue weighted by Gasteiger charge is 2.27. The van der Waals surface area contributed by atoms with Crippen LogP contribution in [0.4, 0.5) is 0 Å². The first-order valence-corrected chi connectivity index (χ1v) is 3.15. The summed E-state index contributed by atoms with van der Waals surface area (Å²) in [5.74, 6) is -0.854. The quantitative estimate of drug-likeness (QED) is 0.458. The van der Waals surface area contributed by atoms with Crippen molar-refractivity contribution in [1.82, 2.24) is 0 Å². The smallest absolute Gasteiger partial charge is 0.331 e. The van der Waals surface area contributed by atoms with Gasteiger partial charge < -0.3 is 9.84 Å². The molecule has 0 aromatic rings. The second-order valence-electron chi connectivity index (χ2n) is 2.44. The summed E-state index contributed by atoms with van der Waals surface area (Å²) in [5.41, 5.74) is 1.25. The number of carbonyl (C=O) groups is 1. The molecule has 0 aromatic carbocycles. The summed E-state index contributed by atoms with van der Waals surface area (Å²) in [6.07, 6.45) is 0.0797. The third-order valence-corrected chi connectivity index (χ3v) is 1.73. The number of carboxylic acid groups (broad SMARTS) is 1. The van der Waals surface area contributed by atoms with E-state index in [-0.39, 0.29) is 6.10 Å². The van der Waals surface area contributed by atoms with Crippen LogP contribution in [0.25, 0.3) is 0 Å². The zero-order valence-electron chi connectivity index (χ0n) is 6.05. The van der Waals surface area contributed by atoms with Gasteiger partial charge in [0.05, 0.1) is 6.61 Å². The lowest BCUT2D eigenvalue weighted by atomic mass is 10.1. The van der Waals surface area contributed by atoms with Crippen LogP contribution in [0.2, 0.25) is 0 Å². The van der Waals surface area contributed by atoms with E-state index in [1.807, 2.05) is 0 Å². The molecule has 56 valence electrons. The van der Waals surface area contributed by atoms with Crippen LogP contribution in [0, 0.1) is 0 Å². The van der Waals surface area contributed by atoms with Gasteiger partial charge in [0.2, 0.25) is 0 Å². The van der Waals surface area contributed by atoms with Gasteiger partial charge in [-0.2, -0.15) is 0 Å². The van der Waals surface area contributed by atoms with Crippen molar-refractivity contribution < 1.29 is 14.6 Å². The van der Waals surface area contributed by atoms with Gasteiger partial charge in [0, 0.05) is 5.57 Å². The van der Waals surface area contributed by atoms with Crippen molar-refractivity contribution in [3.63, 3.8) is 0 Å². The molecule has 0 aliphatic carbocycles. The highest BCUT2D eigenvalue weighted by Crippen LogP contribution is 2.21. The van der Waals surface area contributed by atoms with Gasteiger partial charge in [-0.15, -0.1) is 0 Å². The Morgan fingerprint density at radius 3 is 2.40 bits per heavy atom. The van der Waals surface area contributed by atoms with Gasteiger partial charge in [-0.1, -0.05) is 0 Å². The number of rotatable bonds is 2. The number of aliphatic carboxylic acids is 1. The molecular weight excluding hydrogens is 132 g/mol. The molecule has 1 atom stereocenters. The van der Waals surface area contributed by atoms with Gasteiger partial charge in [-0.25, -0.2) is 4.79 Å². The summed E-state index contributed by atoms with van der Waals surface area (Å²) >= 11 is 0. The number of epoxide rings is 1. The molecule has 3 nitrogen and oxygen atoms in total. The van der Waals surface area contributed by atoms with Crippen molar-refractivity contribution in [3.8, 4) is 0 Å². The molecule has 0 bridgehead atoms. The fourth-order valence-corrected chi connectivity index (χ4v) is 0.708. The molecule has 1 saturated heterocycles. The van der Waals surface area contributed by atoms with Crippen LogP contribution in [-0.2, 0) is 9.53 Å². The lowest BCUT2D eigenvalue weighted by molar-refractivity contribution is -0.132. The van der Waals surface area contributed by atoms with Gasteiger partial charge >= 0.3 is 5.97 Å². The van der Waals surface area contributed by atoms with Gasteiger partial charge in [-0.05, 0) is 19.4 Å². The lowest BCUT2D eigenvalue weighted by Crippen LogP contribution is -2.02. The number of hydrogen-bond donors (Lipinski definition) is 1. The zero-order chi connectivity index (χ0) is 7.72. The van der Waals surface area contributed by atoms with E-state index >= 15 is 0 Å². The van der Waals surface area contributed by atoms with E-state index in [0.29, 0.717) is 12.2 Å². The summed E-state index contributed by atoms with van der Waals surface area (Å²) in [4.78, 5) is 10.4. The molecule has 0 spiro atoms. The minimum Gasteiger partial charge on any atom is -0.478 e. The maximum absolute atomic E-state index is 10.4. The fraction of sp³-hybridized carbons (Fsp3) is 0.571. The molecule has 1 aliphatic rings.